The average molecular weight is 320 g/mol. The summed E-state index contributed by atoms with van der Waals surface area (Å²) in [6, 6.07) is 10.2. The fourth-order valence-electron chi connectivity index (χ4n) is 1.18. The van der Waals surface area contributed by atoms with Gasteiger partial charge in [-0.2, -0.15) is 0 Å². The number of benzene rings is 1. The van der Waals surface area contributed by atoms with Crippen LogP contribution in [0.2, 0.25) is 0 Å². The molecule has 1 rings (SSSR count). The molecule has 0 amide bonds. The number of halogens is 1. The molecule has 2 nitrogen and oxygen atoms in total. The van der Waals surface area contributed by atoms with Crippen molar-refractivity contribution in [2.45, 2.75) is 13.0 Å². The molecule has 0 radical (unpaired) electrons. The molecule has 84 valence electrons. The predicted molar refractivity (Wildman–Crippen MR) is 70.4 cm³/mol. The van der Waals surface area contributed by atoms with Crippen LogP contribution in [-0.2, 0) is 16.1 Å². The molecule has 0 aromatic heterocycles. The van der Waals surface area contributed by atoms with E-state index < -0.39 is 0 Å². The fraction of sp³-hybridized carbons (Fsp3) is 0.500. The summed E-state index contributed by atoms with van der Waals surface area (Å²) in [4.78, 5) is 0. The van der Waals surface area contributed by atoms with Crippen molar-refractivity contribution in [2.75, 3.05) is 24.2 Å². The van der Waals surface area contributed by atoms with E-state index in [0.29, 0.717) is 6.61 Å². The molecule has 0 spiro atoms. The Morgan fingerprint density at radius 3 is 2.40 bits per heavy atom. The highest BCUT2D eigenvalue weighted by Crippen LogP contribution is 2.00. The maximum Gasteiger partial charge on any atom is 0.0716 e. The molecule has 0 fully saturated rings. The van der Waals surface area contributed by atoms with Crippen molar-refractivity contribution >= 4 is 22.6 Å². The van der Waals surface area contributed by atoms with Gasteiger partial charge in [-0.1, -0.05) is 52.9 Å². The lowest BCUT2D eigenvalue weighted by Crippen LogP contribution is -2.02. The lowest BCUT2D eigenvalue weighted by molar-refractivity contribution is 0.0815. The highest BCUT2D eigenvalue weighted by Gasteiger charge is 1.92. The largest absolute Gasteiger partial charge is 0.381 e. The SMILES string of the molecule is ICCOCCCOCc1ccccc1. The van der Waals surface area contributed by atoms with Gasteiger partial charge in [-0.05, 0) is 12.0 Å². The molecule has 0 aliphatic heterocycles. The molecule has 0 saturated heterocycles. The first-order chi connectivity index (χ1) is 7.43. The van der Waals surface area contributed by atoms with Crippen LogP contribution < -0.4 is 0 Å². The van der Waals surface area contributed by atoms with Crippen molar-refractivity contribution in [3.8, 4) is 0 Å². The van der Waals surface area contributed by atoms with Gasteiger partial charge in [0.05, 0.1) is 13.2 Å². The second-order valence-electron chi connectivity index (χ2n) is 3.19. The van der Waals surface area contributed by atoms with Crippen molar-refractivity contribution in [1.29, 1.82) is 0 Å². The Bertz CT molecular complexity index is 239. The maximum absolute atomic E-state index is 5.52. The van der Waals surface area contributed by atoms with Crippen LogP contribution in [0.15, 0.2) is 30.3 Å². The van der Waals surface area contributed by atoms with Crippen LogP contribution in [0.4, 0.5) is 0 Å². The summed E-state index contributed by atoms with van der Waals surface area (Å²) in [6.45, 7) is 3.13. The molecular weight excluding hydrogens is 303 g/mol. The second kappa shape index (κ2) is 9.12. The van der Waals surface area contributed by atoms with E-state index in [1.165, 1.54) is 5.56 Å². The highest BCUT2D eigenvalue weighted by atomic mass is 127. The first-order valence-electron chi connectivity index (χ1n) is 5.19. The zero-order valence-electron chi connectivity index (χ0n) is 8.82. The molecule has 0 N–H and O–H groups in total. The minimum absolute atomic E-state index is 0.702. The molecule has 1 aromatic rings. The van der Waals surface area contributed by atoms with Crippen LogP contribution in [-0.4, -0.2) is 24.2 Å². The molecule has 0 unspecified atom stereocenters. The topological polar surface area (TPSA) is 18.5 Å². The van der Waals surface area contributed by atoms with Gasteiger partial charge in [-0.15, -0.1) is 0 Å². The van der Waals surface area contributed by atoms with Crippen molar-refractivity contribution in [3.05, 3.63) is 35.9 Å². The fourth-order valence-corrected chi connectivity index (χ4v) is 1.50. The number of alkyl halides is 1. The standard InChI is InChI=1S/C12H17IO2/c13-7-10-14-8-4-9-15-11-12-5-2-1-3-6-12/h1-3,5-6H,4,7-11H2. The molecule has 1 aromatic carbocycles. The van der Waals surface area contributed by atoms with Gasteiger partial charge in [-0.3, -0.25) is 0 Å². The lowest BCUT2D eigenvalue weighted by Gasteiger charge is -2.04. The molecule has 0 aliphatic rings. The highest BCUT2D eigenvalue weighted by molar-refractivity contribution is 14.1. The van der Waals surface area contributed by atoms with Gasteiger partial charge >= 0.3 is 0 Å². The summed E-state index contributed by atoms with van der Waals surface area (Å²) in [5.41, 5.74) is 1.23. The van der Waals surface area contributed by atoms with Crippen LogP contribution in [0.3, 0.4) is 0 Å². The van der Waals surface area contributed by atoms with Crippen LogP contribution in [0.25, 0.3) is 0 Å². The summed E-state index contributed by atoms with van der Waals surface area (Å²) in [5, 5.41) is 0. The number of hydrogen-bond acceptors (Lipinski definition) is 2. The Hall–Kier alpha value is -0.130. The van der Waals surface area contributed by atoms with Gasteiger partial charge < -0.3 is 9.47 Å². The van der Waals surface area contributed by atoms with E-state index in [0.717, 1.165) is 30.7 Å². The van der Waals surface area contributed by atoms with Crippen LogP contribution in [0, 0.1) is 0 Å². The number of ether oxygens (including phenoxy) is 2. The summed E-state index contributed by atoms with van der Waals surface area (Å²) >= 11 is 2.31. The summed E-state index contributed by atoms with van der Waals surface area (Å²) < 4.78 is 11.9. The summed E-state index contributed by atoms with van der Waals surface area (Å²) in [5.74, 6) is 0. The molecule has 3 heteroatoms. The van der Waals surface area contributed by atoms with E-state index in [-0.39, 0.29) is 0 Å². The van der Waals surface area contributed by atoms with Crippen LogP contribution in [0.1, 0.15) is 12.0 Å². The molecular formula is C12H17IO2. The Balaban J connectivity index is 1.93. The minimum Gasteiger partial charge on any atom is -0.381 e. The van der Waals surface area contributed by atoms with Gasteiger partial charge in [0.1, 0.15) is 0 Å². The molecule has 0 bridgehead atoms. The van der Waals surface area contributed by atoms with Crippen molar-refractivity contribution in [3.63, 3.8) is 0 Å². The van der Waals surface area contributed by atoms with Crippen molar-refractivity contribution in [2.24, 2.45) is 0 Å². The third-order valence-electron chi connectivity index (χ3n) is 1.91. The zero-order valence-corrected chi connectivity index (χ0v) is 11.0. The van der Waals surface area contributed by atoms with E-state index in [4.69, 9.17) is 9.47 Å². The minimum atomic E-state index is 0.702. The van der Waals surface area contributed by atoms with Crippen molar-refractivity contribution in [1.82, 2.24) is 0 Å². The molecule has 0 atom stereocenters. The van der Waals surface area contributed by atoms with Gasteiger partial charge in [0, 0.05) is 17.6 Å². The van der Waals surface area contributed by atoms with E-state index in [1.807, 2.05) is 18.2 Å². The quantitative estimate of drug-likeness (QED) is 0.416. The normalized spacial score (nSPS) is 10.5. The first kappa shape index (κ1) is 12.9. The number of rotatable bonds is 8. The van der Waals surface area contributed by atoms with Crippen LogP contribution >= 0.6 is 22.6 Å². The average Bonchev–Trinajstić information content (AvgIpc) is 2.29. The Labute approximate surface area is 105 Å². The third-order valence-corrected chi connectivity index (χ3v) is 2.35. The van der Waals surface area contributed by atoms with E-state index in [9.17, 15) is 0 Å². The third kappa shape index (κ3) is 6.87. The van der Waals surface area contributed by atoms with E-state index in [2.05, 4.69) is 34.7 Å². The Morgan fingerprint density at radius 1 is 0.933 bits per heavy atom. The Morgan fingerprint density at radius 2 is 1.67 bits per heavy atom. The van der Waals surface area contributed by atoms with Gasteiger partial charge in [0.2, 0.25) is 0 Å². The summed E-state index contributed by atoms with van der Waals surface area (Å²) in [6.07, 6.45) is 0.976. The smallest absolute Gasteiger partial charge is 0.0716 e. The second-order valence-corrected chi connectivity index (χ2v) is 4.27. The van der Waals surface area contributed by atoms with Crippen molar-refractivity contribution < 1.29 is 9.47 Å². The molecule has 0 aliphatic carbocycles. The first-order valence-corrected chi connectivity index (χ1v) is 6.71. The Kier molecular flexibility index (Phi) is 7.87. The van der Waals surface area contributed by atoms with Crippen LogP contribution in [0.5, 0.6) is 0 Å². The molecule has 0 saturated carbocycles. The molecule has 15 heavy (non-hydrogen) atoms. The van der Waals surface area contributed by atoms with Gasteiger partial charge in [0.15, 0.2) is 0 Å². The monoisotopic (exact) mass is 320 g/mol. The maximum atomic E-state index is 5.52. The lowest BCUT2D eigenvalue weighted by atomic mass is 10.2. The van der Waals surface area contributed by atoms with E-state index >= 15 is 0 Å². The van der Waals surface area contributed by atoms with E-state index in [1.54, 1.807) is 0 Å². The number of hydrogen-bond donors (Lipinski definition) is 0. The molecule has 0 heterocycles. The predicted octanol–water partition coefficient (Wildman–Crippen LogP) is 3.04. The zero-order chi connectivity index (χ0) is 10.8. The summed E-state index contributed by atoms with van der Waals surface area (Å²) in [7, 11) is 0. The van der Waals surface area contributed by atoms with Gasteiger partial charge in [-0.25, -0.2) is 0 Å². The van der Waals surface area contributed by atoms with Gasteiger partial charge in [0.25, 0.3) is 0 Å².